The molecule has 1 aromatic carbocycles. The summed E-state index contributed by atoms with van der Waals surface area (Å²) in [6.45, 7) is 9.04. The molecular weight excluding hydrogens is 430 g/mol. The van der Waals surface area contributed by atoms with Gasteiger partial charge in [0.25, 0.3) is 0 Å². The van der Waals surface area contributed by atoms with E-state index in [2.05, 4.69) is 21.8 Å². The maximum Gasteiger partial charge on any atom is 0.230 e. The molecule has 0 saturated carbocycles. The lowest BCUT2D eigenvalue weighted by atomic mass is 9.85. The van der Waals surface area contributed by atoms with Gasteiger partial charge in [0.2, 0.25) is 5.91 Å². The molecule has 6 nitrogen and oxygen atoms in total. The van der Waals surface area contributed by atoms with E-state index in [9.17, 15) is 4.79 Å². The first-order valence-electron chi connectivity index (χ1n) is 10.8. The summed E-state index contributed by atoms with van der Waals surface area (Å²) in [6.07, 6.45) is 2.26. The Labute approximate surface area is 193 Å². The Bertz CT molecular complexity index is 938. The van der Waals surface area contributed by atoms with Gasteiger partial charge < -0.3 is 15.5 Å². The van der Waals surface area contributed by atoms with Crippen LogP contribution >= 0.6 is 23.4 Å². The van der Waals surface area contributed by atoms with E-state index in [1.807, 2.05) is 54.8 Å². The zero-order chi connectivity index (χ0) is 22.2. The number of nitrogens with zero attached hydrogens (tertiary/aromatic N) is 4. The van der Waals surface area contributed by atoms with Crippen molar-refractivity contribution in [2.24, 2.45) is 5.73 Å². The highest BCUT2D eigenvalue weighted by Crippen LogP contribution is 2.44. The Morgan fingerprint density at radius 1 is 1.23 bits per heavy atom. The van der Waals surface area contributed by atoms with Crippen LogP contribution in [0.5, 0.6) is 0 Å². The first-order chi connectivity index (χ1) is 14.7. The Kier molecular flexibility index (Phi) is 6.47. The summed E-state index contributed by atoms with van der Waals surface area (Å²) < 4.78 is 0. The number of rotatable bonds is 5. The van der Waals surface area contributed by atoms with Crippen molar-refractivity contribution in [2.75, 3.05) is 31.1 Å². The lowest BCUT2D eigenvalue weighted by Gasteiger charge is -2.38. The van der Waals surface area contributed by atoms with E-state index >= 15 is 0 Å². The number of hydrogen-bond acceptors (Lipinski definition) is 6. The molecule has 2 atom stereocenters. The maximum absolute atomic E-state index is 13.5. The van der Waals surface area contributed by atoms with Crippen molar-refractivity contribution in [2.45, 2.75) is 49.7 Å². The third-order valence-corrected chi connectivity index (χ3v) is 7.44. The number of carbonyl (C=O) groups is 1. The van der Waals surface area contributed by atoms with Gasteiger partial charge in [-0.1, -0.05) is 23.7 Å². The molecule has 1 amide bonds. The summed E-state index contributed by atoms with van der Waals surface area (Å²) in [5, 5.41) is 1.08. The van der Waals surface area contributed by atoms with E-state index in [0.29, 0.717) is 29.8 Å². The average Bonchev–Trinajstić information content (AvgIpc) is 3.13. The van der Waals surface area contributed by atoms with Gasteiger partial charge in [0.15, 0.2) is 0 Å². The fourth-order valence-electron chi connectivity index (χ4n) is 4.42. The molecule has 31 heavy (non-hydrogen) atoms. The minimum absolute atomic E-state index is 0.136. The van der Waals surface area contributed by atoms with Crippen molar-refractivity contribution in [1.29, 1.82) is 0 Å². The van der Waals surface area contributed by atoms with Gasteiger partial charge in [-0.3, -0.25) is 4.79 Å². The number of halogens is 1. The lowest BCUT2D eigenvalue weighted by molar-refractivity contribution is -0.133. The molecule has 0 spiro atoms. The normalized spacial score (nSPS) is 20.0. The zero-order valence-corrected chi connectivity index (χ0v) is 19.9. The van der Waals surface area contributed by atoms with Crippen molar-refractivity contribution >= 4 is 35.1 Å². The molecule has 2 N–H and O–H groups in total. The van der Waals surface area contributed by atoms with E-state index in [4.69, 9.17) is 17.3 Å². The monoisotopic (exact) mass is 459 g/mol. The van der Waals surface area contributed by atoms with E-state index < -0.39 is 5.54 Å². The summed E-state index contributed by atoms with van der Waals surface area (Å²) in [5.74, 6) is 1.84. The van der Waals surface area contributed by atoms with Crippen LogP contribution in [0.2, 0.25) is 5.02 Å². The molecule has 1 aromatic heterocycles. The standard InChI is InChI=1S/C23H30ClN5OS/c1-15-20-19(13-31-15)26-14-27-21(20)28-8-10-29(11-9-28)22(30)18(12-23(2,3)25)16-4-6-17(24)7-5-16/h4-7,14-15,18H,8-13,25H2,1-3H3/t15-,18?/m0/s1. The first kappa shape index (κ1) is 22.4. The molecule has 0 radical (unpaired) electrons. The van der Waals surface area contributed by atoms with Crippen LogP contribution in [0.3, 0.4) is 0 Å². The highest BCUT2D eigenvalue weighted by molar-refractivity contribution is 7.99. The molecule has 2 aromatic rings. The van der Waals surface area contributed by atoms with Crippen molar-refractivity contribution in [3.05, 3.63) is 52.4 Å². The van der Waals surface area contributed by atoms with Gasteiger partial charge in [-0.05, 0) is 44.9 Å². The SMILES string of the molecule is C[C@@H]1SCc2ncnc(N3CCN(C(=O)C(CC(C)(C)N)c4ccc(Cl)cc4)CC3)c21. The van der Waals surface area contributed by atoms with E-state index in [-0.39, 0.29) is 11.8 Å². The van der Waals surface area contributed by atoms with Crippen LogP contribution in [0.25, 0.3) is 0 Å². The Morgan fingerprint density at radius 3 is 2.55 bits per heavy atom. The number of piperazine rings is 1. The fraction of sp³-hybridized carbons (Fsp3) is 0.522. The van der Waals surface area contributed by atoms with Gasteiger partial charge in [0, 0.05) is 53.3 Å². The quantitative estimate of drug-likeness (QED) is 0.728. The molecule has 0 aliphatic carbocycles. The molecule has 0 bridgehead atoms. The number of fused-ring (bicyclic) bond motifs is 1. The molecule has 1 fully saturated rings. The minimum atomic E-state index is -0.447. The second-order valence-corrected chi connectivity index (χ2v) is 10.9. The smallest absolute Gasteiger partial charge is 0.230 e. The number of aromatic nitrogens is 2. The second-order valence-electron chi connectivity index (χ2n) is 9.12. The van der Waals surface area contributed by atoms with Crippen LogP contribution in [0.15, 0.2) is 30.6 Å². The number of anilines is 1. The maximum atomic E-state index is 13.5. The van der Waals surface area contributed by atoms with Crippen LogP contribution in [0.4, 0.5) is 5.82 Å². The number of nitrogens with two attached hydrogens (primary N) is 1. The van der Waals surface area contributed by atoms with Crippen LogP contribution < -0.4 is 10.6 Å². The van der Waals surface area contributed by atoms with Crippen LogP contribution in [0.1, 0.15) is 55.2 Å². The number of benzene rings is 1. The number of carbonyl (C=O) groups excluding carboxylic acids is 1. The van der Waals surface area contributed by atoms with Crippen molar-refractivity contribution < 1.29 is 4.79 Å². The summed E-state index contributed by atoms with van der Waals surface area (Å²) in [7, 11) is 0. The van der Waals surface area contributed by atoms with Crippen LogP contribution in [-0.2, 0) is 10.5 Å². The predicted octanol–water partition coefficient (Wildman–Crippen LogP) is 4.00. The first-order valence-corrected chi connectivity index (χ1v) is 12.2. The molecule has 1 unspecified atom stereocenters. The Morgan fingerprint density at radius 2 is 1.90 bits per heavy atom. The summed E-state index contributed by atoms with van der Waals surface area (Å²) >= 11 is 7.97. The van der Waals surface area contributed by atoms with Crippen LogP contribution in [0, 0.1) is 0 Å². The van der Waals surface area contributed by atoms with Gasteiger partial charge >= 0.3 is 0 Å². The van der Waals surface area contributed by atoms with Gasteiger partial charge in [-0.25, -0.2) is 9.97 Å². The molecule has 2 aliphatic rings. The van der Waals surface area contributed by atoms with E-state index in [0.717, 1.165) is 35.9 Å². The second kappa shape index (κ2) is 8.96. The molecule has 3 heterocycles. The molecule has 4 rings (SSSR count). The number of amides is 1. The topological polar surface area (TPSA) is 75.4 Å². The number of thioether (sulfide) groups is 1. The zero-order valence-electron chi connectivity index (χ0n) is 18.3. The number of hydrogen-bond donors (Lipinski definition) is 1. The van der Waals surface area contributed by atoms with Crippen molar-refractivity contribution in [1.82, 2.24) is 14.9 Å². The van der Waals surface area contributed by atoms with E-state index in [1.165, 1.54) is 5.56 Å². The summed E-state index contributed by atoms with van der Waals surface area (Å²) in [6, 6.07) is 7.56. The molecular formula is C23H30ClN5OS. The largest absolute Gasteiger partial charge is 0.353 e. The van der Waals surface area contributed by atoms with Crippen LogP contribution in [-0.4, -0.2) is 52.5 Å². The van der Waals surface area contributed by atoms with E-state index in [1.54, 1.807) is 6.33 Å². The minimum Gasteiger partial charge on any atom is -0.353 e. The molecule has 8 heteroatoms. The summed E-state index contributed by atoms with van der Waals surface area (Å²) in [5.41, 5.74) is 9.24. The Balaban J connectivity index is 1.49. The van der Waals surface area contributed by atoms with Crippen molar-refractivity contribution in [3.8, 4) is 0 Å². The highest BCUT2D eigenvalue weighted by atomic mass is 35.5. The summed E-state index contributed by atoms with van der Waals surface area (Å²) in [4.78, 5) is 26.9. The lowest BCUT2D eigenvalue weighted by Crippen LogP contribution is -2.51. The third-order valence-electron chi connectivity index (χ3n) is 6.01. The fourth-order valence-corrected chi connectivity index (χ4v) is 5.59. The van der Waals surface area contributed by atoms with Gasteiger partial charge in [0.05, 0.1) is 11.6 Å². The molecule has 166 valence electrons. The average molecular weight is 460 g/mol. The van der Waals surface area contributed by atoms with Crippen molar-refractivity contribution in [3.63, 3.8) is 0 Å². The molecule has 2 aliphatic heterocycles. The Hall–Kier alpha value is -1.83. The van der Waals surface area contributed by atoms with Gasteiger partial charge in [-0.15, -0.1) is 11.8 Å². The molecule has 1 saturated heterocycles. The third kappa shape index (κ3) is 4.99. The van der Waals surface area contributed by atoms with Gasteiger partial charge in [0.1, 0.15) is 12.1 Å². The van der Waals surface area contributed by atoms with Gasteiger partial charge in [-0.2, -0.15) is 0 Å². The predicted molar refractivity (Wildman–Crippen MR) is 128 cm³/mol. The highest BCUT2D eigenvalue weighted by Gasteiger charge is 2.34.